The molecule has 0 unspecified atom stereocenters. The average molecular weight is 318 g/mol. The van der Waals surface area contributed by atoms with Gasteiger partial charge in [-0.25, -0.2) is 0 Å². The molecule has 0 radical (unpaired) electrons. The molecule has 0 aliphatic heterocycles. The van der Waals surface area contributed by atoms with E-state index in [4.69, 9.17) is 5.73 Å². The lowest BCUT2D eigenvalue weighted by molar-refractivity contribution is 0.0996. The van der Waals surface area contributed by atoms with Crippen molar-refractivity contribution < 1.29 is 4.79 Å². The summed E-state index contributed by atoms with van der Waals surface area (Å²) in [5, 5.41) is 5.45. The number of aromatic amines is 1. The summed E-state index contributed by atoms with van der Waals surface area (Å²) in [6.45, 7) is 1.95. The number of para-hydroxylation sites is 1. The van der Waals surface area contributed by atoms with Crippen LogP contribution in [0.1, 0.15) is 16.1 Å². The Morgan fingerprint density at radius 3 is 2.54 bits per heavy atom. The summed E-state index contributed by atoms with van der Waals surface area (Å²) in [6, 6.07) is 14.7. The van der Waals surface area contributed by atoms with Gasteiger partial charge in [0.1, 0.15) is 5.52 Å². The van der Waals surface area contributed by atoms with E-state index < -0.39 is 5.91 Å². The van der Waals surface area contributed by atoms with E-state index >= 15 is 0 Å². The zero-order valence-corrected chi connectivity index (χ0v) is 12.9. The van der Waals surface area contributed by atoms with E-state index in [1.807, 2.05) is 43.3 Å². The van der Waals surface area contributed by atoms with Crippen molar-refractivity contribution in [3.8, 4) is 5.69 Å². The average Bonchev–Trinajstić information content (AvgIpc) is 2.96. The van der Waals surface area contributed by atoms with Crippen LogP contribution in [-0.2, 0) is 0 Å². The van der Waals surface area contributed by atoms with Crippen molar-refractivity contribution >= 4 is 27.7 Å². The van der Waals surface area contributed by atoms with Crippen LogP contribution in [-0.4, -0.2) is 20.7 Å². The number of nitrogens with one attached hydrogen (secondary N) is 1. The molecule has 4 aromatic rings. The number of carbonyl (C=O) groups excluding carboxylic acids is 1. The smallest absolute Gasteiger partial charge is 0.295 e. The summed E-state index contributed by atoms with van der Waals surface area (Å²) < 4.78 is 1.21. The maximum Gasteiger partial charge on any atom is 0.295 e. The third-order valence-electron chi connectivity index (χ3n) is 4.06. The highest BCUT2D eigenvalue weighted by Crippen LogP contribution is 2.25. The highest BCUT2D eigenvalue weighted by Gasteiger charge is 2.19. The zero-order chi connectivity index (χ0) is 16.8. The first-order chi connectivity index (χ1) is 11.6. The van der Waals surface area contributed by atoms with Gasteiger partial charge >= 0.3 is 0 Å². The number of hydrogen-bond acceptors (Lipinski definition) is 3. The predicted molar refractivity (Wildman–Crippen MR) is 92.5 cm³/mol. The largest absolute Gasteiger partial charge is 0.364 e. The summed E-state index contributed by atoms with van der Waals surface area (Å²) in [7, 11) is 0. The Morgan fingerprint density at radius 1 is 1.12 bits per heavy atom. The molecule has 2 aromatic carbocycles. The lowest BCUT2D eigenvalue weighted by Gasteiger charge is -2.07. The molecule has 0 aliphatic carbocycles. The third-order valence-corrected chi connectivity index (χ3v) is 4.06. The van der Waals surface area contributed by atoms with E-state index in [9.17, 15) is 9.59 Å². The molecule has 0 aliphatic rings. The van der Waals surface area contributed by atoms with E-state index in [0.717, 1.165) is 16.5 Å². The third kappa shape index (κ3) is 2.00. The molecule has 118 valence electrons. The van der Waals surface area contributed by atoms with Gasteiger partial charge < -0.3 is 10.7 Å². The van der Waals surface area contributed by atoms with E-state index in [0.29, 0.717) is 16.6 Å². The molecular formula is C18H14N4O2. The van der Waals surface area contributed by atoms with Crippen molar-refractivity contribution in [2.75, 3.05) is 0 Å². The van der Waals surface area contributed by atoms with Crippen LogP contribution in [0.4, 0.5) is 0 Å². The quantitative estimate of drug-likeness (QED) is 0.593. The topological polar surface area (TPSA) is 93.8 Å². The fourth-order valence-electron chi connectivity index (χ4n) is 2.88. The number of nitrogens with zero attached hydrogens (tertiary/aromatic N) is 2. The number of fused-ring (bicyclic) bond motifs is 3. The van der Waals surface area contributed by atoms with E-state index in [-0.39, 0.29) is 11.3 Å². The maximum atomic E-state index is 12.9. The molecule has 0 saturated heterocycles. The normalized spacial score (nSPS) is 11.2. The van der Waals surface area contributed by atoms with Crippen molar-refractivity contribution in [1.82, 2.24) is 14.8 Å². The molecule has 0 saturated carbocycles. The molecule has 6 nitrogen and oxygen atoms in total. The monoisotopic (exact) mass is 318 g/mol. The van der Waals surface area contributed by atoms with Gasteiger partial charge in [-0.05, 0) is 25.1 Å². The summed E-state index contributed by atoms with van der Waals surface area (Å²) in [4.78, 5) is 27.9. The minimum Gasteiger partial charge on any atom is -0.364 e. The molecule has 24 heavy (non-hydrogen) atoms. The van der Waals surface area contributed by atoms with Crippen LogP contribution in [0.3, 0.4) is 0 Å². The SMILES string of the molecule is Cc1ccc(-n2nc(C(N)=O)c3c([nH]c4ccccc43)c2=O)cc1. The number of hydrogen-bond donors (Lipinski definition) is 2. The Balaban J connectivity index is 2.16. The van der Waals surface area contributed by atoms with Crippen LogP contribution in [0.2, 0.25) is 0 Å². The summed E-state index contributed by atoms with van der Waals surface area (Å²) >= 11 is 0. The molecule has 0 bridgehead atoms. The molecule has 4 rings (SSSR count). The molecule has 3 N–H and O–H groups in total. The fraction of sp³-hybridized carbons (Fsp3) is 0.0556. The molecule has 2 aromatic heterocycles. The number of primary amides is 1. The van der Waals surface area contributed by atoms with Crippen LogP contribution < -0.4 is 11.3 Å². The minimum absolute atomic E-state index is 0.0719. The van der Waals surface area contributed by atoms with Gasteiger partial charge in [0.25, 0.3) is 11.5 Å². The van der Waals surface area contributed by atoms with Crippen LogP contribution >= 0.6 is 0 Å². The number of aromatic nitrogens is 3. The number of H-pyrrole nitrogens is 1. The number of amides is 1. The number of aryl methyl sites for hydroxylation is 1. The minimum atomic E-state index is -0.675. The molecule has 0 fully saturated rings. The van der Waals surface area contributed by atoms with E-state index in [2.05, 4.69) is 10.1 Å². The molecule has 0 spiro atoms. The van der Waals surface area contributed by atoms with Gasteiger partial charge in [-0.3, -0.25) is 9.59 Å². The highest BCUT2D eigenvalue weighted by molar-refractivity contribution is 6.15. The number of nitrogens with two attached hydrogens (primary N) is 1. The number of carbonyl (C=O) groups is 1. The van der Waals surface area contributed by atoms with Crippen molar-refractivity contribution in [1.29, 1.82) is 0 Å². The van der Waals surface area contributed by atoms with Crippen molar-refractivity contribution in [3.63, 3.8) is 0 Å². The lowest BCUT2D eigenvalue weighted by atomic mass is 10.1. The van der Waals surface area contributed by atoms with Gasteiger partial charge in [-0.15, -0.1) is 0 Å². The first kappa shape index (κ1) is 14.2. The Morgan fingerprint density at radius 2 is 1.83 bits per heavy atom. The zero-order valence-electron chi connectivity index (χ0n) is 12.9. The second-order valence-corrected chi connectivity index (χ2v) is 5.69. The van der Waals surface area contributed by atoms with Crippen molar-refractivity contribution in [3.05, 3.63) is 70.1 Å². The maximum absolute atomic E-state index is 12.9. The van der Waals surface area contributed by atoms with Crippen LogP contribution in [0.15, 0.2) is 53.3 Å². The standard InChI is InChI=1S/C18H14N4O2/c1-10-6-8-11(9-7-10)22-18(24)16-14(15(21-22)17(19)23)12-4-2-3-5-13(12)20-16/h2-9,20H,1H3,(H2,19,23). The molecule has 2 heterocycles. The second kappa shape index (κ2) is 5.06. The van der Waals surface area contributed by atoms with E-state index in [1.54, 1.807) is 12.1 Å². The van der Waals surface area contributed by atoms with Gasteiger partial charge in [0.2, 0.25) is 0 Å². The van der Waals surface area contributed by atoms with Crippen molar-refractivity contribution in [2.45, 2.75) is 6.92 Å². The van der Waals surface area contributed by atoms with Crippen LogP contribution in [0, 0.1) is 6.92 Å². The Hall–Kier alpha value is -3.41. The number of benzene rings is 2. The molecule has 0 atom stereocenters. The van der Waals surface area contributed by atoms with Crippen LogP contribution in [0.5, 0.6) is 0 Å². The van der Waals surface area contributed by atoms with Gasteiger partial charge in [-0.1, -0.05) is 35.9 Å². The summed E-state index contributed by atoms with van der Waals surface area (Å²) in [5.74, 6) is -0.675. The van der Waals surface area contributed by atoms with Gasteiger partial charge in [0, 0.05) is 16.3 Å². The summed E-state index contributed by atoms with van der Waals surface area (Å²) in [5.41, 5.74) is 7.99. The molecule has 1 amide bonds. The molecular weight excluding hydrogens is 304 g/mol. The van der Waals surface area contributed by atoms with Gasteiger partial charge in [-0.2, -0.15) is 9.78 Å². The van der Waals surface area contributed by atoms with Crippen molar-refractivity contribution in [2.24, 2.45) is 5.73 Å². The molecule has 6 heteroatoms. The number of rotatable bonds is 2. The Kier molecular flexibility index (Phi) is 2.99. The first-order valence-corrected chi connectivity index (χ1v) is 7.47. The first-order valence-electron chi connectivity index (χ1n) is 7.47. The Labute approximate surface area is 136 Å². The lowest BCUT2D eigenvalue weighted by Crippen LogP contribution is -2.26. The Bertz CT molecular complexity index is 1150. The second-order valence-electron chi connectivity index (χ2n) is 5.69. The highest BCUT2D eigenvalue weighted by atomic mass is 16.1. The van der Waals surface area contributed by atoms with E-state index in [1.165, 1.54) is 4.68 Å². The fourth-order valence-corrected chi connectivity index (χ4v) is 2.88. The summed E-state index contributed by atoms with van der Waals surface area (Å²) in [6.07, 6.45) is 0. The van der Waals surface area contributed by atoms with Gasteiger partial charge in [0.15, 0.2) is 5.69 Å². The predicted octanol–water partition coefficient (Wildman–Crippen LogP) is 2.27. The van der Waals surface area contributed by atoms with Crippen LogP contribution in [0.25, 0.3) is 27.5 Å². The van der Waals surface area contributed by atoms with Gasteiger partial charge in [0.05, 0.1) is 5.69 Å².